The van der Waals surface area contributed by atoms with Crippen molar-refractivity contribution in [1.82, 2.24) is 5.32 Å². The fourth-order valence-electron chi connectivity index (χ4n) is 2.55. The van der Waals surface area contributed by atoms with Crippen molar-refractivity contribution >= 4 is 11.9 Å². The molecule has 0 bridgehead atoms. The van der Waals surface area contributed by atoms with Gasteiger partial charge in [0.15, 0.2) is 0 Å². The minimum atomic E-state index is -0.412. The van der Waals surface area contributed by atoms with Crippen molar-refractivity contribution in [3.63, 3.8) is 0 Å². The predicted octanol–water partition coefficient (Wildman–Crippen LogP) is 2.89. The van der Waals surface area contributed by atoms with Crippen LogP contribution in [-0.4, -0.2) is 19.0 Å². The molecule has 24 heavy (non-hydrogen) atoms. The summed E-state index contributed by atoms with van der Waals surface area (Å²) in [5.74, 6) is -0.648. The van der Waals surface area contributed by atoms with Crippen LogP contribution in [0.5, 0.6) is 0 Å². The molecule has 0 aliphatic rings. The summed E-state index contributed by atoms with van der Waals surface area (Å²) in [6.45, 7) is 3.87. The maximum Gasteiger partial charge on any atom is 0.338 e. The molecule has 2 aromatic carbocycles. The number of aryl methyl sites for hydroxylation is 2. The lowest BCUT2D eigenvalue weighted by Gasteiger charge is -2.11. The summed E-state index contributed by atoms with van der Waals surface area (Å²) in [5.41, 5.74) is 3.75. The minimum Gasteiger partial charge on any atom is -0.465 e. The quantitative estimate of drug-likeness (QED) is 0.878. The van der Waals surface area contributed by atoms with Crippen molar-refractivity contribution in [2.24, 2.45) is 0 Å². The number of benzene rings is 2. The van der Waals surface area contributed by atoms with Crippen LogP contribution in [0.4, 0.5) is 0 Å². The SMILES string of the molecule is COC(=O)c1c(C)cc(C(=O)NCc2cccc(C#N)c2)cc1C. The molecular formula is C19H18N2O3. The number of amides is 1. The molecule has 1 N–H and O–H groups in total. The molecule has 0 heterocycles. The van der Waals surface area contributed by atoms with Crippen LogP contribution in [0.1, 0.15) is 43.0 Å². The second-order valence-corrected chi connectivity index (χ2v) is 5.47. The molecule has 0 aromatic heterocycles. The Balaban J connectivity index is 2.15. The number of hydrogen-bond donors (Lipinski definition) is 1. The van der Waals surface area contributed by atoms with Gasteiger partial charge in [-0.2, -0.15) is 5.26 Å². The van der Waals surface area contributed by atoms with Crippen LogP contribution in [0.3, 0.4) is 0 Å². The molecule has 0 unspecified atom stereocenters. The van der Waals surface area contributed by atoms with E-state index in [9.17, 15) is 9.59 Å². The van der Waals surface area contributed by atoms with Gasteiger partial charge in [-0.25, -0.2) is 4.79 Å². The number of carbonyl (C=O) groups is 2. The largest absolute Gasteiger partial charge is 0.465 e. The Labute approximate surface area is 140 Å². The van der Waals surface area contributed by atoms with E-state index in [1.165, 1.54) is 7.11 Å². The van der Waals surface area contributed by atoms with E-state index in [1.54, 1.807) is 44.2 Å². The molecule has 0 saturated heterocycles. The first kappa shape index (κ1) is 17.2. The van der Waals surface area contributed by atoms with E-state index < -0.39 is 5.97 Å². The van der Waals surface area contributed by atoms with Gasteiger partial charge < -0.3 is 10.1 Å². The van der Waals surface area contributed by atoms with Gasteiger partial charge >= 0.3 is 5.97 Å². The lowest BCUT2D eigenvalue weighted by Crippen LogP contribution is -2.23. The van der Waals surface area contributed by atoms with E-state index in [0.29, 0.717) is 34.4 Å². The number of esters is 1. The van der Waals surface area contributed by atoms with E-state index in [4.69, 9.17) is 10.00 Å². The molecule has 0 spiro atoms. The summed E-state index contributed by atoms with van der Waals surface area (Å²) in [6, 6.07) is 12.5. The number of nitrogens with zero attached hydrogens (tertiary/aromatic N) is 1. The average Bonchev–Trinajstić information content (AvgIpc) is 2.58. The summed E-state index contributed by atoms with van der Waals surface area (Å²) >= 11 is 0. The van der Waals surface area contributed by atoms with E-state index >= 15 is 0 Å². The molecule has 0 fully saturated rings. The van der Waals surface area contributed by atoms with Gasteiger partial charge in [-0.3, -0.25) is 4.79 Å². The van der Waals surface area contributed by atoms with Crippen molar-refractivity contribution in [3.8, 4) is 6.07 Å². The Morgan fingerprint density at radius 2 is 1.83 bits per heavy atom. The highest BCUT2D eigenvalue weighted by atomic mass is 16.5. The first-order valence-corrected chi connectivity index (χ1v) is 7.43. The van der Waals surface area contributed by atoms with E-state index in [1.807, 2.05) is 6.07 Å². The third kappa shape index (κ3) is 3.79. The Morgan fingerprint density at radius 1 is 1.17 bits per heavy atom. The molecule has 5 nitrogen and oxygen atoms in total. The summed E-state index contributed by atoms with van der Waals surface area (Å²) < 4.78 is 4.76. The van der Waals surface area contributed by atoms with Crippen molar-refractivity contribution in [1.29, 1.82) is 5.26 Å². The first-order valence-electron chi connectivity index (χ1n) is 7.43. The van der Waals surface area contributed by atoms with Crippen LogP contribution in [0.25, 0.3) is 0 Å². The molecular weight excluding hydrogens is 304 g/mol. The Hall–Kier alpha value is -3.13. The van der Waals surface area contributed by atoms with Gasteiger partial charge in [-0.15, -0.1) is 0 Å². The summed E-state index contributed by atoms with van der Waals surface area (Å²) in [7, 11) is 1.33. The summed E-state index contributed by atoms with van der Waals surface area (Å²) in [4.78, 5) is 24.1. The van der Waals surface area contributed by atoms with Crippen molar-refractivity contribution < 1.29 is 14.3 Å². The van der Waals surface area contributed by atoms with Gasteiger partial charge in [0, 0.05) is 12.1 Å². The number of nitrogens with one attached hydrogen (secondary N) is 1. The van der Waals surface area contributed by atoms with E-state index in [-0.39, 0.29) is 5.91 Å². The zero-order valence-corrected chi connectivity index (χ0v) is 13.8. The molecule has 2 aromatic rings. The van der Waals surface area contributed by atoms with Crippen LogP contribution < -0.4 is 5.32 Å². The second kappa shape index (κ2) is 7.42. The third-order valence-electron chi connectivity index (χ3n) is 3.69. The third-order valence-corrected chi connectivity index (χ3v) is 3.69. The number of methoxy groups -OCH3 is 1. The lowest BCUT2D eigenvalue weighted by molar-refractivity contribution is 0.0598. The van der Waals surface area contributed by atoms with Crippen LogP contribution in [0.15, 0.2) is 36.4 Å². The Kier molecular flexibility index (Phi) is 5.33. The highest BCUT2D eigenvalue weighted by molar-refractivity contribution is 5.98. The highest BCUT2D eigenvalue weighted by Crippen LogP contribution is 2.18. The monoisotopic (exact) mass is 322 g/mol. The highest BCUT2D eigenvalue weighted by Gasteiger charge is 2.16. The molecule has 1 amide bonds. The molecule has 0 aliphatic heterocycles. The normalized spacial score (nSPS) is 9.92. The molecule has 0 saturated carbocycles. The van der Waals surface area contributed by atoms with Gasteiger partial charge in [0.05, 0.1) is 24.3 Å². The lowest BCUT2D eigenvalue weighted by atomic mass is 9.99. The van der Waals surface area contributed by atoms with Crippen LogP contribution in [0, 0.1) is 25.2 Å². The van der Waals surface area contributed by atoms with Crippen molar-refractivity contribution in [3.05, 3.63) is 69.8 Å². The fraction of sp³-hybridized carbons (Fsp3) is 0.211. The van der Waals surface area contributed by atoms with Gasteiger partial charge in [0.25, 0.3) is 5.91 Å². The molecule has 0 atom stereocenters. The molecule has 2 rings (SSSR count). The van der Waals surface area contributed by atoms with Crippen LogP contribution >= 0.6 is 0 Å². The number of ether oxygens (including phenoxy) is 1. The Bertz CT molecular complexity index is 812. The second-order valence-electron chi connectivity index (χ2n) is 5.47. The zero-order chi connectivity index (χ0) is 17.7. The summed E-state index contributed by atoms with van der Waals surface area (Å²) in [6.07, 6.45) is 0. The zero-order valence-electron chi connectivity index (χ0n) is 13.8. The predicted molar refractivity (Wildman–Crippen MR) is 89.6 cm³/mol. The summed E-state index contributed by atoms with van der Waals surface area (Å²) in [5, 5.41) is 11.7. The van der Waals surface area contributed by atoms with Crippen molar-refractivity contribution in [2.45, 2.75) is 20.4 Å². The van der Waals surface area contributed by atoms with E-state index in [0.717, 1.165) is 5.56 Å². The number of hydrogen-bond acceptors (Lipinski definition) is 4. The number of carbonyl (C=O) groups excluding carboxylic acids is 2. The minimum absolute atomic E-state index is 0.236. The number of rotatable bonds is 4. The maximum absolute atomic E-state index is 12.3. The number of nitriles is 1. The van der Waals surface area contributed by atoms with Gasteiger partial charge in [-0.05, 0) is 54.8 Å². The Morgan fingerprint density at radius 3 is 2.42 bits per heavy atom. The smallest absolute Gasteiger partial charge is 0.338 e. The molecule has 0 aliphatic carbocycles. The average molecular weight is 322 g/mol. The fourth-order valence-corrected chi connectivity index (χ4v) is 2.55. The van der Waals surface area contributed by atoms with Gasteiger partial charge in [-0.1, -0.05) is 12.1 Å². The van der Waals surface area contributed by atoms with Gasteiger partial charge in [0.2, 0.25) is 0 Å². The topological polar surface area (TPSA) is 79.2 Å². The van der Waals surface area contributed by atoms with Crippen molar-refractivity contribution in [2.75, 3.05) is 7.11 Å². The van der Waals surface area contributed by atoms with Crippen LogP contribution in [-0.2, 0) is 11.3 Å². The van der Waals surface area contributed by atoms with Gasteiger partial charge in [0.1, 0.15) is 0 Å². The molecule has 122 valence electrons. The standard InChI is InChI=1S/C19H18N2O3/c1-12-7-16(8-13(2)17(12)19(23)24-3)18(22)21-11-15-6-4-5-14(9-15)10-20/h4-9H,11H2,1-3H3,(H,21,22). The molecule has 5 heteroatoms. The van der Waals surface area contributed by atoms with Crippen LogP contribution in [0.2, 0.25) is 0 Å². The van der Waals surface area contributed by atoms with E-state index in [2.05, 4.69) is 11.4 Å². The maximum atomic E-state index is 12.3. The first-order chi connectivity index (χ1) is 11.5. The molecule has 0 radical (unpaired) electrons.